The van der Waals surface area contributed by atoms with E-state index < -0.39 is 11.9 Å². The molecule has 0 saturated carbocycles. The van der Waals surface area contributed by atoms with Crippen molar-refractivity contribution in [1.29, 1.82) is 0 Å². The molecule has 2 amide bonds. The van der Waals surface area contributed by atoms with Gasteiger partial charge < -0.3 is 15.7 Å². The fourth-order valence-electron chi connectivity index (χ4n) is 2.61. The predicted molar refractivity (Wildman–Crippen MR) is 123 cm³/mol. The van der Waals surface area contributed by atoms with Crippen molar-refractivity contribution in [2.75, 3.05) is 16.4 Å². The zero-order valence-corrected chi connectivity index (χ0v) is 18.1. The molecule has 2 aromatic carbocycles. The van der Waals surface area contributed by atoms with Crippen LogP contribution in [0.1, 0.15) is 4.88 Å². The van der Waals surface area contributed by atoms with Crippen LogP contribution in [0.2, 0.25) is 0 Å². The van der Waals surface area contributed by atoms with Gasteiger partial charge in [-0.15, -0.1) is 23.1 Å². The lowest BCUT2D eigenvalue weighted by atomic mass is 10.1. The molecular formula is C22H19N3O4S2. The number of aliphatic carboxylic acids is 1. The second-order valence-corrected chi connectivity index (χ2v) is 8.57. The maximum absolute atomic E-state index is 12.4. The number of nitrogens with zero attached hydrogens (tertiary/aromatic N) is 1. The summed E-state index contributed by atoms with van der Waals surface area (Å²) < 4.78 is 0. The SMILES string of the molecule is Cc1sc(NC(=O)CSc2cccc(NC(=O)/C=C/C(=O)O)c2)nc1-c1ccccc1. The van der Waals surface area contributed by atoms with Crippen LogP contribution in [0, 0.1) is 6.92 Å². The number of carboxylic acids is 1. The molecule has 0 unspecified atom stereocenters. The van der Waals surface area contributed by atoms with Gasteiger partial charge in [0.05, 0.1) is 11.4 Å². The minimum atomic E-state index is -1.20. The number of rotatable bonds is 8. The Morgan fingerprint density at radius 2 is 1.84 bits per heavy atom. The Kier molecular flexibility index (Phi) is 7.58. The lowest BCUT2D eigenvalue weighted by molar-refractivity contribution is -0.131. The average molecular weight is 454 g/mol. The van der Waals surface area contributed by atoms with Crippen LogP contribution in [-0.2, 0) is 14.4 Å². The second kappa shape index (κ2) is 10.6. The molecule has 0 spiro atoms. The maximum atomic E-state index is 12.4. The predicted octanol–water partition coefficient (Wildman–Crippen LogP) is 4.43. The van der Waals surface area contributed by atoms with E-state index in [1.807, 2.05) is 43.3 Å². The Labute approximate surface area is 187 Å². The summed E-state index contributed by atoms with van der Waals surface area (Å²) in [4.78, 5) is 40.9. The highest BCUT2D eigenvalue weighted by Gasteiger charge is 2.12. The van der Waals surface area contributed by atoms with Crippen LogP contribution in [0.25, 0.3) is 11.3 Å². The first kappa shape index (κ1) is 22.3. The molecule has 1 heterocycles. The Morgan fingerprint density at radius 1 is 1.06 bits per heavy atom. The monoisotopic (exact) mass is 453 g/mol. The van der Waals surface area contributed by atoms with Gasteiger partial charge in [-0.3, -0.25) is 9.59 Å². The number of aryl methyl sites for hydroxylation is 1. The highest BCUT2D eigenvalue weighted by atomic mass is 32.2. The summed E-state index contributed by atoms with van der Waals surface area (Å²) >= 11 is 2.74. The number of carbonyl (C=O) groups excluding carboxylic acids is 2. The third-order valence-corrected chi connectivity index (χ3v) is 5.82. The zero-order chi connectivity index (χ0) is 22.2. The number of hydrogen-bond donors (Lipinski definition) is 3. The van der Waals surface area contributed by atoms with Gasteiger partial charge in [-0.05, 0) is 25.1 Å². The minimum absolute atomic E-state index is 0.176. The number of thiazole rings is 1. The second-order valence-electron chi connectivity index (χ2n) is 6.32. The summed E-state index contributed by atoms with van der Waals surface area (Å²) in [7, 11) is 0. The molecule has 1 aromatic heterocycles. The first-order chi connectivity index (χ1) is 14.9. The van der Waals surface area contributed by atoms with E-state index >= 15 is 0 Å². The van der Waals surface area contributed by atoms with Crippen LogP contribution in [0.15, 0.2) is 71.6 Å². The topological polar surface area (TPSA) is 108 Å². The van der Waals surface area contributed by atoms with Crippen molar-refractivity contribution in [2.45, 2.75) is 11.8 Å². The third kappa shape index (κ3) is 6.80. The van der Waals surface area contributed by atoms with Gasteiger partial charge in [-0.1, -0.05) is 36.4 Å². The number of nitrogens with one attached hydrogen (secondary N) is 2. The number of aromatic nitrogens is 1. The molecule has 158 valence electrons. The Balaban J connectivity index is 1.55. The number of benzene rings is 2. The molecule has 0 saturated heterocycles. The van der Waals surface area contributed by atoms with E-state index in [1.54, 1.807) is 18.2 Å². The minimum Gasteiger partial charge on any atom is -0.478 e. The van der Waals surface area contributed by atoms with Crippen LogP contribution >= 0.6 is 23.1 Å². The van der Waals surface area contributed by atoms with Crippen LogP contribution in [0.5, 0.6) is 0 Å². The van der Waals surface area contributed by atoms with Crippen molar-refractivity contribution >= 4 is 51.7 Å². The van der Waals surface area contributed by atoms with Crippen molar-refractivity contribution < 1.29 is 19.5 Å². The van der Waals surface area contributed by atoms with Crippen molar-refractivity contribution in [3.63, 3.8) is 0 Å². The van der Waals surface area contributed by atoms with Crippen LogP contribution in [0.4, 0.5) is 10.8 Å². The molecule has 0 aliphatic heterocycles. The average Bonchev–Trinajstić information content (AvgIpc) is 3.11. The number of carboxylic acid groups (broad SMARTS) is 1. The lowest BCUT2D eigenvalue weighted by Gasteiger charge is -2.06. The number of hydrogen-bond acceptors (Lipinski definition) is 6. The van der Waals surface area contributed by atoms with Gasteiger partial charge in [0.2, 0.25) is 11.8 Å². The summed E-state index contributed by atoms with van der Waals surface area (Å²) in [5, 5.41) is 14.5. The van der Waals surface area contributed by atoms with Gasteiger partial charge >= 0.3 is 5.97 Å². The number of carbonyl (C=O) groups is 3. The summed E-state index contributed by atoms with van der Waals surface area (Å²) in [6.45, 7) is 1.97. The molecule has 0 aliphatic rings. The molecule has 3 rings (SSSR count). The van der Waals surface area contributed by atoms with E-state index in [1.165, 1.54) is 23.1 Å². The Bertz CT molecular complexity index is 1130. The third-order valence-electron chi connectivity index (χ3n) is 3.94. The quantitative estimate of drug-likeness (QED) is 0.344. The first-order valence-electron chi connectivity index (χ1n) is 9.18. The largest absolute Gasteiger partial charge is 0.478 e. The van der Waals surface area contributed by atoms with Gasteiger partial charge in [0.15, 0.2) is 5.13 Å². The summed E-state index contributed by atoms with van der Waals surface area (Å²) in [5.74, 6) is -1.75. The first-order valence-corrected chi connectivity index (χ1v) is 11.0. The molecule has 31 heavy (non-hydrogen) atoms. The summed E-state index contributed by atoms with van der Waals surface area (Å²) in [6, 6.07) is 16.8. The van der Waals surface area contributed by atoms with E-state index in [0.29, 0.717) is 10.8 Å². The molecule has 0 radical (unpaired) electrons. The fraction of sp³-hybridized carbons (Fsp3) is 0.0909. The van der Waals surface area contributed by atoms with Crippen LogP contribution in [-0.4, -0.2) is 33.6 Å². The normalized spacial score (nSPS) is 10.7. The molecule has 0 aliphatic carbocycles. The van der Waals surface area contributed by atoms with E-state index in [9.17, 15) is 14.4 Å². The van der Waals surface area contributed by atoms with Crippen molar-refractivity contribution in [2.24, 2.45) is 0 Å². The summed E-state index contributed by atoms with van der Waals surface area (Å²) in [5.41, 5.74) is 2.37. The number of amides is 2. The molecule has 0 bridgehead atoms. The fourth-order valence-corrected chi connectivity index (χ4v) is 4.22. The number of thioether (sulfide) groups is 1. The van der Waals surface area contributed by atoms with E-state index in [4.69, 9.17) is 5.11 Å². The molecule has 7 nitrogen and oxygen atoms in total. The molecule has 0 fully saturated rings. The van der Waals surface area contributed by atoms with Crippen molar-refractivity contribution in [3.8, 4) is 11.3 Å². The van der Waals surface area contributed by atoms with Gasteiger partial charge in [0, 0.05) is 33.2 Å². The van der Waals surface area contributed by atoms with Gasteiger partial charge in [0.25, 0.3) is 0 Å². The standard InChI is InChI=1S/C22H19N3O4S2/c1-14-21(15-6-3-2-4-7-15)25-22(31-14)24-19(27)13-30-17-9-5-8-16(12-17)23-18(26)10-11-20(28)29/h2-12H,13H2,1H3,(H,23,26)(H,28,29)(H,24,25,27)/b11-10+. The highest BCUT2D eigenvalue weighted by Crippen LogP contribution is 2.30. The summed E-state index contributed by atoms with van der Waals surface area (Å²) in [6.07, 6.45) is 1.71. The van der Waals surface area contributed by atoms with Gasteiger partial charge in [-0.25, -0.2) is 9.78 Å². The van der Waals surface area contributed by atoms with E-state index in [0.717, 1.165) is 33.2 Å². The lowest BCUT2D eigenvalue weighted by Crippen LogP contribution is -2.13. The maximum Gasteiger partial charge on any atom is 0.328 e. The molecular weight excluding hydrogens is 434 g/mol. The molecule has 9 heteroatoms. The van der Waals surface area contributed by atoms with E-state index in [-0.39, 0.29) is 11.7 Å². The zero-order valence-electron chi connectivity index (χ0n) is 16.5. The van der Waals surface area contributed by atoms with Crippen molar-refractivity contribution in [3.05, 3.63) is 71.6 Å². The molecule has 3 N–H and O–H groups in total. The molecule has 0 atom stereocenters. The van der Waals surface area contributed by atoms with Gasteiger partial charge in [0.1, 0.15) is 0 Å². The van der Waals surface area contributed by atoms with Crippen LogP contribution in [0.3, 0.4) is 0 Å². The van der Waals surface area contributed by atoms with Crippen LogP contribution < -0.4 is 10.6 Å². The van der Waals surface area contributed by atoms with E-state index in [2.05, 4.69) is 15.6 Å². The highest BCUT2D eigenvalue weighted by molar-refractivity contribution is 8.00. The van der Waals surface area contributed by atoms with Gasteiger partial charge in [-0.2, -0.15) is 0 Å². The van der Waals surface area contributed by atoms with Crippen molar-refractivity contribution in [1.82, 2.24) is 4.98 Å². The Morgan fingerprint density at radius 3 is 2.58 bits per heavy atom. The number of anilines is 2. The molecule has 3 aromatic rings. The smallest absolute Gasteiger partial charge is 0.328 e. The Hall–Kier alpha value is -3.43.